The molecule has 0 aliphatic heterocycles. The summed E-state index contributed by atoms with van der Waals surface area (Å²) in [5.74, 6) is 0.168. The van der Waals surface area contributed by atoms with E-state index in [0.717, 1.165) is 11.3 Å². The van der Waals surface area contributed by atoms with Crippen molar-refractivity contribution in [3.8, 4) is 0 Å². The molecule has 0 spiro atoms. The fourth-order valence-electron chi connectivity index (χ4n) is 1.69. The number of benzene rings is 1. The van der Waals surface area contributed by atoms with Gasteiger partial charge in [-0.15, -0.1) is 0 Å². The summed E-state index contributed by atoms with van der Waals surface area (Å²) in [6, 6.07) is 11.7. The predicted octanol–water partition coefficient (Wildman–Crippen LogP) is 2.76. The highest BCUT2D eigenvalue weighted by atomic mass is 16.1. The summed E-state index contributed by atoms with van der Waals surface area (Å²) in [7, 11) is 1.96. The Bertz CT molecular complexity index is 494. The van der Waals surface area contributed by atoms with Crippen LogP contribution < -0.4 is 0 Å². The first-order valence-corrected chi connectivity index (χ1v) is 5.37. The van der Waals surface area contributed by atoms with E-state index in [0.29, 0.717) is 6.42 Å². The van der Waals surface area contributed by atoms with Gasteiger partial charge in [0.2, 0.25) is 0 Å². The van der Waals surface area contributed by atoms with Crippen molar-refractivity contribution in [1.82, 2.24) is 4.57 Å². The van der Waals surface area contributed by atoms with E-state index in [1.807, 2.05) is 61.1 Å². The molecule has 1 aromatic heterocycles. The average Bonchev–Trinajstić information content (AvgIpc) is 2.65. The van der Waals surface area contributed by atoms with Gasteiger partial charge in [-0.2, -0.15) is 0 Å². The highest BCUT2D eigenvalue weighted by Crippen LogP contribution is 2.09. The minimum atomic E-state index is 0.168. The molecule has 1 aromatic carbocycles. The van der Waals surface area contributed by atoms with Crippen LogP contribution >= 0.6 is 0 Å². The first-order valence-electron chi connectivity index (χ1n) is 5.37. The van der Waals surface area contributed by atoms with Crippen molar-refractivity contribution < 1.29 is 4.79 Å². The number of carbonyl (C=O) groups excluding carboxylic acids is 1. The molecule has 0 bridgehead atoms. The van der Waals surface area contributed by atoms with E-state index >= 15 is 0 Å². The molecular weight excluding hydrogens is 198 g/mol. The maximum atomic E-state index is 12.0. The number of aromatic nitrogens is 1. The van der Waals surface area contributed by atoms with Gasteiger partial charge in [-0.3, -0.25) is 4.79 Å². The zero-order valence-corrected chi connectivity index (χ0v) is 9.60. The maximum Gasteiger partial charge on any atom is 0.168 e. The molecule has 0 unspecified atom stereocenters. The van der Waals surface area contributed by atoms with Crippen molar-refractivity contribution >= 4 is 5.78 Å². The predicted molar refractivity (Wildman–Crippen MR) is 64.6 cm³/mol. The molecule has 2 aromatic rings. The lowest BCUT2D eigenvalue weighted by Crippen LogP contribution is -2.06. The first kappa shape index (κ1) is 10.7. The van der Waals surface area contributed by atoms with Crippen molar-refractivity contribution in [1.29, 1.82) is 0 Å². The van der Waals surface area contributed by atoms with Gasteiger partial charge in [-0.1, -0.05) is 29.8 Å². The van der Waals surface area contributed by atoms with Crippen LogP contribution in [-0.2, 0) is 13.5 Å². The highest BCUT2D eigenvalue weighted by Gasteiger charge is 2.08. The molecule has 0 saturated heterocycles. The van der Waals surface area contributed by atoms with Gasteiger partial charge in [0, 0.05) is 24.5 Å². The van der Waals surface area contributed by atoms with Gasteiger partial charge in [0.05, 0.1) is 6.42 Å². The normalized spacial score (nSPS) is 10.4. The quantitative estimate of drug-likeness (QED) is 0.718. The van der Waals surface area contributed by atoms with E-state index < -0.39 is 0 Å². The monoisotopic (exact) mass is 213 g/mol. The summed E-state index contributed by atoms with van der Waals surface area (Å²) < 4.78 is 1.98. The second kappa shape index (κ2) is 4.35. The van der Waals surface area contributed by atoms with Crippen LogP contribution in [0, 0.1) is 6.92 Å². The third-order valence-electron chi connectivity index (χ3n) is 2.77. The topological polar surface area (TPSA) is 22.0 Å². The fourth-order valence-corrected chi connectivity index (χ4v) is 1.69. The maximum absolute atomic E-state index is 12.0. The number of rotatable bonds is 3. The van der Waals surface area contributed by atoms with Gasteiger partial charge in [-0.05, 0) is 19.1 Å². The van der Waals surface area contributed by atoms with Crippen molar-refractivity contribution in [3.63, 3.8) is 0 Å². The summed E-state index contributed by atoms with van der Waals surface area (Å²) in [6.45, 7) is 2.02. The molecule has 0 radical (unpaired) electrons. The molecule has 1 heterocycles. The lowest BCUT2D eigenvalue weighted by atomic mass is 10.1. The number of ketones is 1. The minimum Gasteiger partial charge on any atom is -0.354 e. The van der Waals surface area contributed by atoms with Gasteiger partial charge in [0.1, 0.15) is 0 Å². The van der Waals surface area contributed by atoms with E-state index in [1.54, 1.807) is 0 Å². The molecule has 0 aliphatic rings. The number of hydrogen-bond acceptors (Lipinski definition) is 1. The van der Waals surface area contributed by atoms with Gasteiger partial charge in [0.25, 0.3) is 0 Å². The molecule has 0 saturated carbocycles. The Hall–Kier alpha value is -1.83. The van der Waals surface area contributed by atoms with E-state index in [1.165, 1.54) is 5.56 Å². The zero-order chi connectivity index (χ0) is 11.5. The smallest absolute Gasteiger partial charge is 0.168 e. The molecular formula is C14H15NO. The second-order valence-corrected chi connectivity index (χ2v) is 4.08. The lowest BCUT2D eigenvalue weighted by molar-refractivity contribution is 0.0991. The number of aryl methyl sites for hydroxylation is 2. The SMILES string of the molecule is Cc1ccc(C(=O)Cc2cccn2C)cc1. The zero-order valence-electron chi connectivity index (χ0n) is 9.60. The molecule has 0 fully saturated rings. The third-order valence-corrected chi connectivity index (χ3v) is 2.77. The third kappa shape index (κ3) is 2.22. The molecule has 2 heteroatoms. The summed E-state index contributed by atoms with van der Waals surface area (Å²) in [6.07, 6.45) is 2.42. The largest absolute Gasteiger partial charge is 0.354 e. The van der Waals surface area contributed by atoms with Crippen LogP contribution in [0.2, 0.25) is 0 Å². The van der Waals surface area contributed by atoms with E-state index in [4.69, 9.17) is 0 Å². The standard InChI is InChI=1S/C14H15NO/c1-11-5-7-12(8-6-11)14(16)10-13-4-3-9-15(13)2/h3-9H,10H2,1-2H3. The van der Waals surface area contributed by atoms with E-state index in [-0.39, 0.29) is 5.78 Å². The van der Waals surface area contributed by atoms with E-state index in [9.17, 15) is 4.79 Å². The number of carbonyl (C=O) groups is 1. The number of hydrogen-bond donors (Lipinski definition) is 0. The minimum absolute atomic E-state index is 0.168. The Balaban J connectivity index is 2.15. The average molecular weight is 213 g/mol. The van der Waals surface area contributed by atoms with Crippen LogP contribution in [0.4, 0.5) is 0 Å². The molecule has 2 rings (SSSR count). The molecule has 0 atom stereocenters. The van der Waals surface area contributed by atoms with Crippen LogP contribution in [0.3, 0.4) is 0 Å². The Kier molecular flexibility index (Phi) is 2.91. The molecule has 2 nitrogen and oxygen atoms in total. The Morgan fingerprint density at radius 3 is 2.44 bits per heavy atom. The molecule has 82 valence electrons. The van der Waals surface area contributed by atoms with Crippen molar-refractivity contribution in [3.05, 3.63) is 59.4 Å². The Morgan fingerprint density at radius 1 is 1.19 bits per heavy atom. The van der Waals surface area contributed by atoms with E-state index in [2.05, 4.69) is 0 Å². The Morgan fingerprint density at radius 2 is 1.88 bits per heavy atom. The summed E-state index contributed by atoms with van der Waals surface area (Å²) in [5, 5.41) is 0. The van der Waals surface area contributed by atoms with Crippen molar-refractivity contribution in [2.75, 3.05) is 0 Å². The molecule has 16 heavy (non-hydrogen) atoms. The number of nitrogens with zero attached hydrogens (tertiary/aromatic N) is 1. The lowest BCUT2D eigenvalue weighted by Gasteiger charge is -2.03. The highest BCUT2D eigenvalue weighted by molar-refractivity contribution is 5.97. The van der Waals surface area contributed by atoms with Crippen LogP contribution in [0.5, 0.6) is 0 Å². The van der Waals surface area contributed by atoms with Crippen molar-refractivity contribution in [2.24, 2.45) is 7.05 Å². The molecule has 0 amide bonds. The summed E-state index contributed by atoms with van der Waals surface area (Å²) in [4.78, 5) is 12.0. The second-order valence-electron chi connectivity index (χ2n) is 4.08. The summed E-state index contributed by atoms with van der Waals surface area (Å²) in [5.41, 5.74) is 3.01. The van der Waals surface area contributed by atoms with Crippen molar-refractivity contribution in [2.45, 2.75) is 13.3 Å². The Labute approximate surface area is 95.5 Å². The van der Waals surface area contributed by atoms with Crippen LogP contribution in [0.15, 0.2) is 42.6 Å². The molecule has 0 aliphatic carbocycles. The van der Waals surface area contributed by atoms with Crippen LogP contribution in [-0.4, -0.2) is 10.4 Å². The molecule has 0 N–H and O–H groups in total. The first-order chi connectivity index (χ1) is 7.66. The summed E-state index contributed by atoms with van der Waals surface area (Å²) >= 11 is 0. The number of Topliss-reactive ketones (excluding diaryl/α,β-unsaturated/α-hetero) is 1. The van der Waals surface area contributed by atoms with Gasteiger partial charge in [-0.25, -0.2) is 0 Å². The fraction of sp³-hybridized carbons (Fsp3) is 0.214. The van der Waals surface area contributed by atoms with Gasteiger partial charge in [0.15, 0.2) is 5.78 Å². The van der Waals surface area contributed by atoms with Crippen LogP contribution in [0.1, 0.15) is 21.6 Å². The van der Waals surface area contributed by atoms with Crippen LogP contribution in [0.25, 0.3) is 0 Å². The van der Waals surface area contributed by atoms with Gasteiger partial charge < -0.3 is 4.57 Å². The van der Waals surface area contributed by atoms with Gasteiger partial charge >= 0.3 is 0 Å².